The van der Waals surface area contributed by atoms with Gasteiger partial charge in [0.1, 0.15) is 0 Å². The summed E-state index contributed by atoms with van der Waals surface area (Å²) < 4.78 is 6.71. The molecule has 20 heavy (non-hydrogen) atoms. The average molecular weight is 314 g/mol. The van der Waals surface area contributed by atoms with E-state index in [0.717, 1.165) is 23.5 Å². The molecule has 108 valence electrons. The average Bonchev–Trinajstić information content (AvgIpc) is 2.87. The standard InChI is InChI=1S/C14H17Cl2N3O/c1-10-7-13(16)14(8-12(10)15)19-5-3-11(18-19)9-17-4-6-20-2/h3,5,7-8,17H,4,6,9H2,1-2H3. The summed E-state index contributed by atoms with van der Waals surface area (Å²) in [5.74, 6) is 0. The van der Waals surface area contributed by atoms with Gasteiger partial charge in [0, 0.05) is 31.4 Å². The second-order valence-corrected chi connectivity index (χ2v) is 5.29. The molecule has 1 aromatic heterocycles. The second-order valence-electron chi connectivity index (χ2n) is 4.47. The summed E-state index contributed by atoms with van der Waals surface area (Å²) in [6, 6.07) is 5.62. The van der Waals surface area contributed by atoms with E-state index in [1.807, 2.05) is 31.3 Å². The van der Waals surface area contributed by atoms with Crippen LogP contribution in [0.1, 0.15) is 11.3 Å². The number of aryl methyl sites for hydroxylation is 1. The van der Waals surface area contributed by atoms with Crippen LogP contribution >= 0.6 is 23.2 Å². The van der Waals surface area contributed by atoms with E-state index in [4.69, 9.17) is 27.9 Å². The lowest BCUT2D eigenvalue weighted by atomic mass is 10.2. The van der Waals surface area contributed by atoms with Gasteiger partial charge in [-0.15, -0.1) is 0 Å². The van der Waals surface area contributed by atoms with Gasteiger partial charge in [0.15, 0.2) is 0 Å². The number of methoxy groups -OCH3 is 1. The summed E-state index contributed by atoms with van der Waals surface area (Å²) in [6.45, 7) is 4.08. The number of hydrogen-bond acceptors (Lipinski definition) is 3. The van der Waals surface area contributed by atoms with Crippen LogP contribution in [0.2, 0.25) is 10.0 Å². The van der Waals surface area contributed by atoms with Crippen molar-refractivity contribution >= 4 is 23.2 Å². The summed E-state index contributed by atoms with van der Waals surface area (Å²) in [5.41, 5.74) is 2.67. The number of ether oxygens (including phenoxy) is 1. The molecule has 0 saturated heterocycles. The highest BCUT2D eigenvalue weighted by atomic mass is 35.5. The minimum absolute atomic E-state index is 0.633. The zero-order valence-electron chi connectivity index (χ0n) is 11.5. The van der Waals surface area contributed by atoms with Gasteiger partial charge in [-0.05, 0) is 30.7 Å². The maximum absolute atomic E-state index is 6.24. The van der Waals surface area contributed by atoms with E-state index in [1.54, 1.807) is 11.8 Å². The Labute approximate surface area is 128 Å². The van der Waals surface area contributed by atoms with Crippen molar-refractivity contribution in [2.24, 2.45) is 0 Å². The molecule has 0 fully saturated rings. The molecule has 0 spiro atoms. The van der Waals surface area contributed by atoms with Crippen LogP contribution in [0.4, 0.5) is 0 Å². The van der Waals surface area contributed by atoms with Crippen LogP contribution in [0.3, 0.4) is 0 Å². The molecule has 4 nitrogen and oxygen atoms in total. The van der Waals surface area contributed by atoms with Gasteiger partial charge >= 0.3 is 0 Å². The molecule has 2 rings (SSSR count). The van der Waals surface area contributed by atoms with Gasteiger partial charge < -0.3 is 10.1 Å². The maximum atomic E-state index is 6.24. The predicted octanol–water partition coefficient (Wildman–Crippen LogP) is 3.22. The number of nitrogens with zero attached hydrogens (tertiary/aromatic N) is 2. The Kier molecular flexibility index (Phi) is 5.43. The lowest BCUT2D eigenvalue weighted by Crippen LogP contribution is -2.18. The van der Waals surface area contributed by atoms with Crippen molar-refractivity contribution in [3.63, 3.8) is 0 Å². The van der Waals surface area contributed by atoms with Crippen LogP contribution < -0.4 is 5.32 Å². The highest BCUT2D eigenvalue weighted by molar-refractivity contribution is 6.35. The first-order valence-corrected chi connectivity index (χ1v) is 7.07. The van der Waals surface area contributed by atoms with E-state index in [2.05, 4.69) is 10.4 Å². The van der Waals surface area contributed by atoms with Crippen molar-refractivity contribution in [2.45, 2.75) is 13.5 Å². The fraction of sp³-hybridized carbons (Fsp3) is 0.357. The van der Waals surface area contributed by atoms with E-state index in [1.165, 1.54) is 0 Å². The van der Waals surface area contributed by atoms with Gasteiger partial charge in [-0.3, -0.25) is 0 Å². The fourth-order valence-electron chi connectivity index (χ4n) is 1.79. The van der Waals surface area contributed by atoms with Crippen molar-refractivity contribution in [2.75, 3.05) is 20.3 Å². The summed E-state index contributed by atoms with van der Waals surface area (Å²) in [5, 5.41) is 9.04. The zero-order valence-corrected chi connectivity index (χ0v) is 13.0. The lowest BCUT2D eigenvalue weighted by Gasteiger charge is -2.07. The van der Waals surface area contributed by atoms with Crippen LogP contribution in [0.5, 0.6) is 0 Å². The Hall–Kier alpha value is -1.07. The first kappa shape index (κ1) is 15.3. The molecular weight excluding hydrogens is 297 g/mol. The van der Waals surface area contributed by atoms with Crippen molar-refractivity contribution in [3.05, 3.63) is 45.7 Å². The Bertz CT molecular complexity index is 584. The van der Waals surface area contributed by atoms with E-state index in [9.17, 15) is 0 Å². The topological polar surface area (TPSA) is 39.1 Å². The lowest BCUT2D eigenvalue weighted by molar-refractivity contribution is 0.199. The van der Waals surface area contributed by atoms with E-state index < -0.39 is 0 Å². The molecule has 0 aliphatic carbocycles. The van der Waals surface area contributed by atoms with Crippen molar-refractivity contribution in [3.8, 4) is 5.69 Å². The molecule has 0 aliphatic rings. The fourth-order valence-corrected chi connectivity index (χ4v) is 2.25. The molecule has 0 aliphatic heterocycles. The highest BCUT2D eigenvalue weighted by Gasteiger charge is 2.08. The molecule has 0 unspecified atom stereocenters. The Morgan fingerprint density at radius 3 is 2.85 bits per heavy atom. The van der Waals surface area contributed by atoms with Crippen LogP contribution in [0.15, 0.2) is 24.4 Å². The van der Waals surface area contributed by atoms with Gasteiger partial charge in [-0.2, -0.15) is 5.10 Å². The van der Waals surface area contributed by atoms with Crippen LogP contribution in [0.25, 0.3) is 5.69 Å². The highest BCUT2D eigenvalue weighted by Crippen LogP contribution is 2.27. The summed E-state index contributed by atoms with van der Waals surface area (Å²) >= 11 is 12.4. The smallest absolute Gasteiger partial charge is 0.0846 e. The van der Waals surface area contributed by atoms with Gasteiger partial charge in [-0.1, -0.05) is 23.2 Å². The largest absolute Gasteiger partial charge is 0.383 e. The minimum Gasteiger partial charge on any atom is -0.383 e. The van der Waals surface area contributed by atoms with E-state index in [0.29, 0.717) is 23.2 Å². The molecule has 0 bridgehead atoms. The molecular formula is C14H17Cl2N3O. The third kappa shape index (κ3) is 3.73. The number of hydrogen-bond donors (Lipinski definition) is 1. The zero-order chi connectivity index (χ0) is 14.5. The monoisotopic (exact) mass is 313 g/mol. The number of aromatic nitrogens is 2. The molecule has 0 radical (unpaired) electrons. The van der Waals surface area contributed by atoms with Gasteiger partial charge in [0.25, 0.3) is 0 Å². The number of rotatable bonds is 6. The number of halogens is 2. The molecule has 0 atom stereocenters. The number of nitrogens with one attached hydrogen (secondary N) is 1. The molecule has 6 heteroatoms. The van der Waals surface area contributed by atoms with E-state index in [-0.39, 0.29) is 0 Å². The van der Waals surface area contributed by atoms with Gasteiger partial charge in [0.05, 0.1) is 23.0 Å². The molecule has 0 amide bonds. The summed E-state index contributed by atoms with van der Waals surface area (Å²) in [4.78, 5) is 0. The van der Waals surface area contributed by atoms with Crippen molar-refractivity contribution in [1.82, 2.24) is 15.1 Å². The molecule has 0 saturated carbocycles. The second kappa shape index (κ2) is 7.09. The molecule has 1 aromatic carbocycles. The normalized spacial score (nSPS) is 11.0. The van der Waals surface area contributed by atoms with E-state index >= 15 is 0 Å². The van der Waals surface area contributed by atoms with Crippen LogP contribution in [0, 0.1) is 6.92 Å². The van der Waals surface area contributed by atoms with Gasteiger partial charge in [0.2, 0.25) is 0 Å². The summed E-state index contributed by atoms with van der Waals surface area (Å²) in [7, 11) is 1.68. The first-order chi connectivity index (χ1) is 9.61. The maximum Gasteiger partial charge on any atom is 0.0846 e. The van der Waals surface area contributed by atoms with Crippen LogP contribution in [-0.4, -0.2) is 30.0 Å². The predicted molar refractivity (Wildman–Crippen MR) is 81.9 cm³/mol. The Morgan fingerprint density at radius 1 is 1.30 bits per heavy atom. The molecule has 1 N–H and O–H groups in total. The Morgan fingerprint density at radius 2 is 2.10 bits per heavy atom. The van der Waals surface area contributed by atoms with Crippen LogP contribution in [-0.2, 0) is 11.3 Å². The third-order valence-electron chi connectivity index (χ3n) is 2.91. The third-order valence-corrected chi connectivity index (χ3v) is 3.62. The number of benzene rings is 1. The quantitative estimate of drug-likeness (QED) is 0.832. The Balaban J connectivity index is 2.10. The van der Waals surface area contributed by atoms with Crippen molar-refractivity contribution < 1.29 is 4.74 Å². The SMILES string of the molecule is COCCNCc1ccn(-c2cc(Cl)c(C)cc2Cl)n1. The minimum atomic E-state index is 0.633. The summed E-state index contributed by atoms with van der Waals surface area (Å²) in [6.07, 6.45) is 1.88. The first-order valence-electron chi connectivity index (χ1n) is 6.32. The molecule has 1 heterocycles. The van der Waals surface area contributed by atoms with Crippen molar-refractivity contribution in [1.29, 1.82) is 0 Å². The molecule has 2 aromatic rings. The van der Waals surface area contributed by atoms with Gasteiger partial charge in [-0.25, -0.2) is 4.68 Å².